The van der Waals surface area contributed by atoms with Gasteiger partial charge in [0.1, 0.15) is 5.75 Å². The van der Waals surface area contributed by atoms with E-state index in [1.54, 1.807) is 0 Å². The summed E-state index contributed by atoms with van der Waals surface area (Å²) in [6.45, 7) is 10.9. The van der Waals surface area contributed by atoms with Gasteiger partial charge in [-0.2, -0.15) is 0 Å². The zero-order valence-corrected chi connectivity index (χ0v) is 11.2. The van der Waals surface area contributed by atoms with Crippen LogP contribution < -0.4 is 4.74 Å². The first kappa shape index (κ1) is 13.1. The van der Waals surface area contributed by atoms with Gasteiger partial charge in [0, 0.05) is 0 Å². The second-order valence-electron chi connectivity index (χ2n) is 4.74. The Balaban J connectivity index is 2.89. The molecule has 0 N–H and O–H groups in total. The first-order valence-corrected chi connectivity index (χ1v) is 6.35. The van der Waals surface area contributed by atoms with Crippen LogP contribution in [0, 0.1) is 6.92 Å². The smallest absolute Gasteiger partial charge is 0.122 e. The minimum Gasteiger partial charge on any atom is -0.490 e. The highest BCUT2D eigenvalue weighted by molar-refractivity contribution is 5.37. The molecule has 90 valence electrons. The molecular formula is C15H24O. The predicted octanol–water partition coefficient (Wildman–Crippen LogP) is 4.69. The molecule has 0 aliphatic carbocycles. The van der Waals surface area contributed by atoms with Gasteiger partial charge >= 0.3 is 0 Å². The van der Waals surface area contributed by atoms with Crippen LogP contribution in [-0.2, 0) is 0 Å². The van der Waals surface area contributed by atoms with Crippen molar-refractivity contribution in [2.45, 2.75) is 59.5 Å². The molecule has 0 aliphatic heterocycles. The monoisotopic (exact) mass is 220 g/mol. The zero-order chi connectivity index (χ0) is 12.1. The Bertz CT molecular complexity index is 324. The Labute approximate surface area is 99.8 Å². The van der Waals surface area contributed by atoms with E-state index in [4.69, 9.17) is 4.74 Å². The fourth-order valence-electron chi connectivity index (χ4n) is 1.74. The molecular weight excluding hydrogens is 196 g/mol. The van der Waals surface area contributed by atoms with Crippen molar-refractivity contribution in [1.29, 1.82) is 0 Å². The van der Waals surface area contributed by atoms with Gasteiger partial charge in [-0.05, 0) is 42.9 Å². The molecule has 0 heterocycles. The minimum atomic E-state index is 0.348. The highest BCUT2D eigenvalue weighted by Gasteiger charge is 2.09. The average molecular weight is 220 g/mol. The summed E-state index contributed by atoms with van der Waals surface area (Å²) in [6, 6.07) is 6.55. The quantitative estimate of drug-likeness (QED) is 0.699. The van der Waals surface area contributed by atoms with Crippen molar-refractivity contribution in [2.24, 2.45) is 0 Å². The van der Waals surface area contributed by atoms with Crippen LogP contribution in [0.4, 0.5) is 0 Å². The molecule has 0 amide bonds. The maximum atomic E-state index is 6.03. The fourth-order valence-corrected chi connectivity index (χ4v) is 1.74. The average Bonchev–Trinajstić information content (AvgIpc) is 2.27. The summed E-state index contributed by atoms with van der Waals surface area (Å²) in [5.41, 5.74) is 2.59. The number of benzene rings is 1. The van der Waals surface area contributed by atoms with E-state index in [0.29, 0.717) is 12.0 Å². The van der Waals surface area contributed by atoms with E-state index in [9.17, 15) is 0 Å². The number of ether oxygens (including phenoxy) is 1. The van der Waals surface area contributed by atoms with Gasteiger partial charge in [-0.25, -0.2) is 0 Å². The van der Waals surface area contributed by atoms with E-state index in [1.165, 1.54) is 11.1 Å². The Morgan fingerprint density at radius 2 is 1.75 bits per heavy atom. The molecule has 0 bridgehead atoms. The molecule has 16 heavy (non-hydrogen) atoms. The van der Waals surface area contributed by atoms with E-state index in [1.807, 2.05) is 0 Å². The van der Waals surface area contributed by atoms with Crippen molar-refractivity contribution in [1.82, 2.24) is 0 Å². The van der Waals surface area contributed by atoms with Crippen molar-refractivity contribution < 1.29 is 4.74 Å². The van der Waals surface area contributed by atoms with Gasteiger partial charge in [0.2, 0.25) is 0 Å². The maximum Gasteiger partial charge on any atom is 0.122 e. The van der Waals surface area contributed by atoms with Crippen molar-refractivity contribution >= 4 is 0 Å². The van der Waals surface area contributed by atoms with Crippen LogP contribution in [0.3, 0.4) is 0 Å². The minimum absolute atomic E-state index is 0.348. The van der Waals surface area contributed by atoms with Crippen LogP contribution in [0.1, 0.15) is 57.6 Å². The Morgan fingerprint density at radius 3 is 2.25 bits per heavy atom. The molecule has 0 aliphatic rings. The summed E-state index contributed by atoms with van der Waals surface area (Å²) in [7, 11) is 0. The second-order valence-corrected chi connectivity index (χ2v) is 4.74. The van der Waals surface area contributed by atoms with E-state index in [2.05, 4.69) is 52.8 Å². The lowest BCUT2D eigenvalue weighted by Crippen LogP contribution is -2.14. The van der Waals surface area contributed by atoms with Gasteiger partial charge in [-0.3, -0.25) is 0 Å². The van der Waals surface area contributed by atoms with Crippen LogP contribution in [0.2, 0.25) is 0 Å². The molecule has 0 unspecified atom stereocenters. The van der Waals surface area contributed by atoms with E-state index in [-0.39, 0.29) is 0 Å². The standard InChI is InChI=1S/C15H24O/c1-6-14(7-2)16-15-10-13(11(3)4)9-8-12(15)5/h8-11,14H,6-7H2,1-5H3. The lowest BCUT2D eigenvalue weighted by atomic mass is 10.0. The normalized spacial score (nSPS) is 11.2. The van der Waals surface area contributed by atoms with Crippen molar-refractivity contribution in [3.63, 3.8) is 0 Å². The van der Waals surface area contributed by atoms with E-state index >= 15 is 0 Å². The van der Waals surface area contributed by atoms with Crippen molar-refractivity contribution in [3.05, 3.63) is 29.3 Å². The molecule has 1 aromatic carbocycles. The molecule has 1 nitrogen and oxygen atoms in total. The highest BCUT2D eigenvalue weighted by Crippen LogP contribution is 2.25. The first-order chi connectivity index (χ1) is 7.58. The number of rotatable bonds is 5. The van der Waals surface area contributed by atoms with Gasteiger partial charge in [0.15, 0.2) is 0 Å². The van der Waals surface area contributed by atoms with Crippen molar-refractivity contribution in [3.8, 4) is 5.75 Å². The largest absolute Gasteiger partial charge is 0.490 e. The van der Waals surface area contributed by atoms with Crippen LogP contribution in [0.5, 0.6) is 5.75 Å². The third-order valence-electron chi connectivity index (χ3n) is 3.08. The lowest BCUT2D eigenvalue weighted by molar-refractivity contribution is 0.191. The van der Waals surface area contributed by atoms with Crippen LogP contribution in [0.15, 0.2) is 18.2 Å². The van der Waals surface area contributed by atoms with Crippen LogP contribution in [0.25, 0.3) is 0 Å². The van der Waals surface area contributed by atoms with Crippen molar-refractivity contribution in [2.75, 3.05) is 0 Å². The fraction of sp³-hybridized carbons (Fsp3) is 0.600. The lowest BCUT2D eigenvalue weighted by Gasteiger charge is -2.18. The number of aryl methyl sites for hydroxylation is 1. The SMILES string of the molecule is CCC(CC)Oc1cc(C(C)C)ccc1C. The number of hydrogen-bond acceptors (Lipinski definition) is 1. The van der Waals surface area contributed by atoms with Crippen LogP contribution in [-0.4, -0.2) is 6.10 Å². The molecule has 0 radical (unpaired) electrons. The molecule has 0 atom stereocenters. The summed E-state index contributed by atoms with van der Waals surface area (Å²) in [6.07, 6.45) is 2.49. The van der Waals surface area contributed by atoms with Gasteiger partial charge in [0.05, 0.1) is 6.10 Å². The Hall–Kier alpha value is -0.980. The predicted molar refractivity (Wildman–Crippen MR) is 70.3 cm³/mol. The zero-order valence-electron chi connectivity index (χ0n) is 11.2. The number of hydrogen-bond donors (Lipinski definition) is 0. The molecule has 0 saturated heterocycles. The third-order valence-corrected chi connectivity index (χ3v) is 3.08. The molecule has 0 spiro atoms. The molecule has 1 aromatic rings. The molecule has 0 fully saturated rings. The molecule has 1 rings (SSSR count). The van der Waals surface area contributed by atoms with E-state index < -0.39 is 0 Å². The Kier molecular flexibility index (Phi) is 4.85. The summed E-state index contributed by atoms with van der Waals surface area (Å²) in [5.74, 6) is 1.62. The third kappa shape index (κ3) is 3.26. The molecule has 0 aromatic heterocycles. The van der Waals surface area contributed by atoms with E-state index in [0.717, 1.165) is 18.6 Å². The maximum absolute atomic E-state index is 6.03. The summed E-state index contributed by atoms with van der Waals surface area (Å²) < 4.78 is 6.03. The molecule has 1 heteroatoms. The van der Waals surface area contributed by atoms with Gasteiger partial charge in [0.25, 0.3) is 0 Å². The summed E-state index contributed by atoms with van der Waals surface area (Å²) in [5, 5.41) is 0. The topological polar surface area (TPSA) is 9.23 Å². The molecule has 0 saturated carbocycles. The van der Waals surface area contributed by atoms with Gasteiger partial charge in [-0.15, -0.1) is 0 Å². The summed E-state index contributed by atoms with van der Waals surface area (Å²) >= 11 is 0. The highest BCUT2D eigenvalue weighted by atomic mass is 16.5. The first-order valence-electron chi connectivity index (χ1n) is 6.35. The summed E-state index contributed by atoms with van der Waals surface area (Å²) in [4.78, 5) is 0. The second kappa shape index (κ2) is 5.93. The Morgan fingerprint density at radius 1 is 1.12 bits per heavy atom. The van der Waals surface area contributed by atoms with Gasteiger partial charge in [-0.1, -0.05) is 39.8 Å². The van der Waals surface area contributed by atoms with Crippen LogP contribution >= 0.6 is 0 Å². The van der Waals surface area contributed by atoms with Gasteiger partial charge < -0.3 is 4.74 Å².